The van der Waals surface area contributed by atoms with Gasteiger partial charge in [-0.3, -0.25) is 4.90 Å². The molecule has 1 atom stereocenters. The molecule has 0 bridgehead atoms. The molecule has 0 aromatic heterocycles. The van der Waals surface area contributed by atoms with Gasteiger partial charge in [-0.2, -0.15) is 13.2 Å². The van der Waals surface area contributed by atoms with E-state index in [4.69, 9.17) is 16.3 Å². The highest BCUT2D eigenvalue weighted by Gasteiger charge is 2.35. The van der Waals surface area contributed by atoms with Crippen LogP contribution in [0.1, 0.15) is 29.2 Å². The highest BCUT2D eigenvalue weighted by Crippen LogP contribution is 2.40. The number of hydrogen-bond acceptors (Lipinski definition) is 3. The summed E-state index contributed by atoms with van der Waals surface area (Å²) in [7, 11) is 1.46. The van der Waals surface area contributed by atoms with Gasteiger partial charge in [0.15, 0.2) is 0 Å². The molecule has 1 N–H and O–H groups in total. The summed E-state index contributed by atoms with van der Waals surface area (Å²) < 4.78 is 59.7. The molecule has 1 aliphatic rings. The maximum absolute atomic E-state index is 14.1. The maximum atomic E-state index is 14.1. The number of alkyl halides is 3. The third-order valence-electron chi connectivity index (χ3n) is 4.84. The van der Waals surface area contributed by atoms with Crippen molar-refractivity contribution in [2.24, 2.45) is 0 Å². The lowest BCUT2D eigenvalue weighted by Crippen LogP contribution is -2.33. The standard InChI is InChI=1S/C20H21ClF4N2O/c1-28-18-6-4-14(22)12-15(18)19(27-9-2-7-26-8-10-27)13-3-5-17(21)16(11-13)20(23,24)25/h3-6,11-12,19,26H,2,7-10H2,1H3. The van der Waals surface area contributed by atoms with Gasteiger partial charge in [-0.25, -0.2) is 4.39 Å². The van der Waals surface area contributed by atoms with E-state index in [0.717, 1.165) is 19.0 Å². The van der Waals surface area contributed by atoms with Crippen LogP contribution in [0.15, 0.2) is 36.4 Å². The van der Waals surface area contributed by atoms with Crippen LogP contribution in [-0.2, 0) is 6.18 Å². The van der Waals surface area contributed by atoms with E-state index in [1.165, 1.54) is 31.4 Å². The van der Waals surface area contributed by atoms with Gasteiger partial charge in [0, 0.05) is 25.2 Å². The molecule has 1 unspecified atom stereocenters. The summed E-state index contributed by atoms with van der Waals surface area (Å²) in [6, 6.07) is 7.35. The molecule has 0 spiro atoms. The first-order valence-electron chi connectivity index (χ1n) is 8.96. The fraction of sp³-hybridized carbons (Fsp3) is 0.400. The van der Waals surface area contributed by atoms with Gasteiger partial charge >= 0.3 is 6.18 Å². The molecule has 1 aliphatic heterocycles. The highest BCUT2D eigenvalue weighted by atomic mass is 35.5. The lowest BCUT2D eigenvalue weighted by Gasteiger charge is -2.32. The van der Waals surface area contributed by atoms with Crippen molar-refractivity contribution in [3.8, 4) is 5.75 Å². The number of ether oxygens (including phenoxy) is 1. The molecule has 28 heavy (non-hydrogen) atoms. The van der Waals surface area contributed by atoms with E-state index in [1.54, 1.807) is 6.07 Å². The Balaban J connectivity index is 2.16. The molecular weight excluding hydrogens is 396 g/mol. The molecule has 3 rings (SSSR count). The quantitative estimate of drug-likeness (QED) is 0.718. The van der Waals surface area contributed by atoms with E-state index in [9.17, 15) is 17.6 Å². The molecule has 2 aromatic rings. The first-order valence-corrected chi connectivity index (χ1v) is 9.34. The van der Waals surface area contributed by atoms with Crippen LogP contribution in [0.3, 0.4) is 0 Å². The molecule has 2 aromatic carbocycles. The fourth-order valence-electron chi connectivity index (χ4n) is 3.56. The van der Waals surface area contributed by atoms with E-state index in [-0.39, 0.29) is 5.02 Å². The first-order chi connectivity index (χ1) is 13.3. The second-order valence-corrected chi connectivity index (χ2v) is 7.07. The van der Waals surface area contributed by atoms with Crippen molar-refractivity contribution in [3.63, 3.8) is 0 Å². The third-order valence-corrected chi connectivity index (χ3v) is 5.17. The fourth-order valence-corrected chi connectivity index (χ4v) is 3.79. The molecule has 0 radical (unpaired) electrons. The number of rotatable bonds is 4. The van der Waals surface area contributed by atoms with Crippen molar-refractivity contribution in [1.29, 1.82) is 0 Å². The van der Waals surface area contributed by atoms with Gasteiger partial charge in [0.2, 0.25) is 0 Å². The molecule has 0 aliphatic carbocycles. The smallest absolute Gasteiger partial charge is 0.417 e. The average Bonchev–Trinajstić information content (AvgIpc) is 2.92. The summed E-state index contributed by atoms with van der Waals surface area (Å²) >= 11 is 5.80. The zero-order chi connectivity index (χ0) is 20.3. The van der Waals surface area contributed by atoms with Crippen LogP contribution in [0.4, 0.5) is 17.6 Å². The summed E-state index contributed by atoms with van der Waals surface area (Å²) in [5.74, 6) is -0.0501. The van der Waals surface area contributed by atoms with E-state index in [1.807, 2.05) is 4.90 Å². The normalized spacial score (nSPS) is 17.2. The Labute approximate surface area is 166 Å². The minimum atomic E-state index is -4.58. The summed E-state index contributed by atoms with van der Waals surface area (Å²) in [6.07, 6.45) is -3.75. The molecule has 1 heterocycles. The number of methoxy groups -OCH3 is 1. The van der Waals surface area contributed by atoms with Crippen molar-refractivity contribution in [2.45, 2.75) is 18.6 Å². The van der Waals surface area contributed by atoms with Crippen LogP contribution in [0, 0.1) is 5.82 Å². The predicted octanol–water partition coefficient (Wildman–Crippen LogP) is 4.89. The van der Waals surface area contributed by atoms with Crippen molar-refractivity contribution < 1.29 is 22.3 Å². The Kier molecular flexibility index (Phi) is 6.47. The Morgan fingerprint density at radius 2 is 1.89 bits per heavy atom. The number of nitrogens with one attached hydrogen (secondary N) is 1. The Morgan fingerprint density at radius 1 is 1.11 bits per heavy atom. The van der Waals surface area contributed by atoms with Crippen LogP contribution in [0.5, 0.6) is 5.75 Å². The minimum Gasteiger partial charge on any atom is -0.496 e. The zero-order valence-corrected chi connectivity index (χ0v) is 16.1. The van der Waals surface area contributed by atoms with Crippen molar-refractivity contribution in [2.75, 3.05) is 33.3 Å². The lowest BCUT2D eigenvalue weighted by molar-refractivity contribution is -0.137. The van der Waals surface area contributed by atoms with Gasteiger partial charge in [0.25, 0.3) is 0 Å². The lowest BCUT2D eigenvalue weighted by atomic mass is 9.94. The highest BCUT2D eigenvalue weighted by molar-refractivity contribution is 6.31. The van der Waals surface area contributed by atoms with Crippen LogP contribution in [-0.4, -0.2) is 38.2 Å². The van der Waals surface area contributed by atoms with Gasteiger partial charge in [0.05, 0.1) is 23.7 Å². The SMILES string of the molecule is COc1ccc(F)cc1C(c1ccc(Cl)c(C(F)(F)F)c1)N1CCCNCC1. The number of nitrogens with zero attached hydrogens (tertiary/aromatic N) is 1. The Morgan fingerprint density at radius 3 is 2.61 bits per heavy atom. The number of halogens is 5. The molecular formula is C20H21ClF4N2O. The molecule has 152 valence electrons. The van der Waals surface area contributed by atoms with Crippen molar-refractivity contribution in [3.05, 3.63) is 63.9 Å². The van der Waals surface area contributed by atoms with Gasteiger partial charge in [-0.15, -0.1) is 0 Å². The van der Waals surface area contributed by atoms with Crippen LogP contribution < -0.4 is 10.1 Å². The maximum Gasteiger partial charge on any atom is 0.417 e. The Hall–Kier alpha value is -1.83. The van der Waals surface area contributed by atoms with E-state index >= 15 is 0 Å². The molecule has 8 heteroatoms. The van der Waals surface area contributed by atoms with Gasteiger partial charge in [-0.1, -0.05) is 17.7 Å². The van der Waals surface area contributed by atoms with E-state index in [2.05, 4.69) is 5.32 Å². The van der Waals surface area contributed by atoms with Crippen molar-refractivity contribution in [1.82, 2.24) is 10.2 Å². The molecule has 0 amide bonds. The molecule has 0 saturated carbocycles. The summed E-state index contributed by atoms with van der Waals surface area (Å²) in [4.78, 5) is 2.04. The Bertz CT molecular complexity index is 820. The minimum absolute atomic E-state index is 0.362. The summed E-state index contributed by atoms with van der Waals surface area (Å²) in [5.41, 5.74) is -0.0256. The van der Waals surface area contributed by atoms with Gasteiger partial charge in [0.1, 0.15) is 11.6 Å². The number of benzene rings is 2. The molecule has 1 saturated heterocycles. The second kappa shape index (κ2) is 8.68. The summed E-state index contributed by atoms with van der Waals surface area (Å²) in [6.45, 7) is 2.77. The van der Waals surface area contributed by atoms with E-state index < -0.39 is 23.6 Å². The van der Waals surface area contributed by atoms with E-state index in [0.29, 0.717) is 36.5 Å². The van der Waals surface area contributed by atoms with Crippen LogP contribution >= 0.6 is 11.6 Å². The predicted molar refractivity (Wildman–Crippen MR) is 100 cm³/mol. The monoisotopic (exact) mass is 416 g/mol. The van der Waals surface area contributed by atoms with Gasteiger partial charge in [-0.05, 0) is 48.9 Å². The average molecular weight is 417 g/mol. The molecule has 1 fully saturated rings. The largest absolute Gasteiger partial charge is 0.496 e. The summed E-state index contributed by atoms with van der Waals surface area (Å²) in [5, 5.41) is 2.91. The first kappa shape index (κ1) is 20.9. The number of hydrogen-bond donors (Lipinski definition) is 1. The topological polar surface area (TPSA) is 24.5 Å². The van der Waals surface area contributed by atoms with Crippen LogP contribution in [0.25, 0.3) is 0 Å². The van der Waals surface area contributed by atoms with Gasteiger partial charge < -0.3 is 10.1 Å². The second-order valence-electron chi connectivity index (χ2n) is 6.67. The zero-order valence-electron chi connectivity index (χ0n) is 15.3. The third kappa shape index (κ3) is 4.59. The molecule has 3 nitrogen and oxygen atoms in total. The van der Waals surface area contributed by atoms with Crippen LogP contribution in [0.2, 0.25) is 5.02 Å². The van der Waals surface area contributed by atoms with Crippen molar-refractivity contribution >= 4 is 11.6 Å².